The van der Waals surface area contributed by atoms with Crippen molar-refractivity contribution < 1.29 is 24.5 Å². The van der Waals surface area contributed by atoms with E-state index in [1.54, 1.807) is 50.4 Å². The summed E-state index contributed by atoms with van der Waals surface area (Å²) in [5.41, 5.74) is 4.99. The molecule has 4 rings (SSSR count). The maximum Gasteiger partial charge on any atom is 0.338 e. The Bertz CT molecular complexity index is 1420. The lowest BCUT2D eigenvalue weighted by Crippen LogP contribution is -2.07. The summed E-state index contributed by atoms with van der Waals surface area (Å²) in [6.07, 6.45) is 0.172. The van der Waals surface area contributed by atoms with E-state index in [9.17, 15) is 19.8 Å². The Balaban J connectivity index is 1.66. The van der Waals surface area contributed by atoms with Gasteiger partial charge in [-0.3, -0.25) is 4.79 Å². The highest BCUT2D eigenvalue weighted by atomic mass is 16.5. The van der Waals surface area contributed by atoms with E-state index in [2.05, 4.69) is 15.3 Å². The minimum Gasteiger partial charge on any atom is -0.462 e. The summed E-state index contributed by atoms with van der Waals surface area (Å²) in [6.45, 7) is 1.60. The highest BCUT2D eigenvalue weighted by molar-refractivity contribution is 5.99. The number of nitrogens with one attached hydrogen (secondary N) is 1. The van der Waals surface area contributed by atoms with Gasteiger partial charge in [-0.2, -0.15) is 0 Å². The molecule has 3 aromatic carbocycles. The Morgan fingerprint density at radius 1 is 0.917 bits per heavy atom. The highest BCUT2D eigenvalue weighted by Gasteiger charge is 2.15. The van der Waals surface area contributed by atoms with Gasteiger partial charge < -0.3 is 20.3 Å². The second-order valence-electron chi connectivity index (χ2n) is 8.20. The third-order valence-corrected chi connectivity index (χ3v) is 5.86. The third-order valence-electron chi connectivity index (χ3n) is 5.86. The number of aromatic nitrogens is 2. The maximum atomic E-state index is 12.9. The van der Waals surface area contributed by atoms with Crippen LogP contribution in [-0.4, -0.2) is 45.6 Å². The van der Waals surface area contributed by atoms with Crippen LogP contribution < -0.4 is 5.32 Å². The molecule has 0 saturated heterocycles. The number of carbonyl (C=O) groups is 2. The van der Waals surface area contributed by atoms with Crippen molar-refractivity contribution in [2.24, 2.45) is 0 Å². The summed E-state index contributed by atoms with van der Waals surface area (Å²) in [4.78, 5) is 33.9. The lowest BCUT2D eigenvalue weighted by atomic mass is 9.97. The lowest BCUT2D eigenvalue weighted by molar-refractivity contribution is 0.0526. The molecule has 0 aliphatic rings. The molecule has 36 heavy (non-hydrogen) atoms. The molecule has 0 fully saturated rings. The van der Waals surface area contributed by atoms with Gasteiger partial charge in [-0.1, -0.05) is 30.3 Å². The molecule has 0 unspecified atom stereocenters. The van der Waals surface area contributed by atoms with Crippen LogP contribution in [0.5, 0.6) is 0 Å². The standard InChI is InChI=1S/C28H27N3O5/c1-3-36-27(35)19-9-7-18(8-10-19)25(34)12-17-5-4-6-20(11-17)26-23-13-21(15-32)22(16-33)14-24(23)30-28(29-2)31-26/h4-11,13-14,32-33H,3,12,15-16H2,1-2H3,(H,29,30,31). The van der Waals surface area contributed by atoms with Crippen LogP contribution in [-0.2, 0) is 24.4 Å². The molecule has 1 heterocycles. The van der Waals surface area contributed by atoms with Gasteiger partial charge in [0.1, 0.15) is 0 Å². The van der Waals surface area contributed by atoms with Gasteiger partial charge in [0, 0.05) is 30.0 Å². The number of hydrogen-bond acceptors (Lipinski definition) is 8. The summed E-state index contributed by atoms with van der Waals surface area (Å²) < 4.78 is 4.99. The smallest absolute Gasteiger partial charge is 0.338 e. The zero-order chi connectivity index (χ0) is 25.7. The average Bonchev–Trinajstić information content (AvgIpc) is 2.91. The largest absolute Gasteiger partial charge is 0.462 e. The topological polar surface area (TPSA) is 122 Å². The summed E-state index contributed by atoms with van der Waals surface area (Å²) in [6, 6.07) is 17.5. The first-order valence-electron chi connectivity index (χ1n) is 11.6. The molecule has 0 aliphatic carbocycles. The van der Waals surface area contributed by atoms with Crippen molar-refractivity contribution in [3.63, 3.8) is 0 Å². The van der Waals surface area contributed by atoms with E-state index in [-0.39, 0.29) is 32.0 Å². The van der Waals surface area contributed by atoms with Gasteiger partial charge in [-0.25, -0.2) is 14.8 Å². The molecule has 8 heteroatoms. The SMILES string of the molecule is CCOC(=O)c1ccc(C(=O)Cc2cccc(-c3nc(NC)nc4cc(CO)c(CO)cc34)c2)cc1. The number of benzene rings is 3. The molecule has 3 N–H and O–H groups in total. The maximum absolute atomic E-state index is 12.9. The number of nitrogens with zero attached hydrogens (tertiary/aromatic N) is 2. The first-order valence-corrected chi connectivity index (χ1v) is 11.6. The number of Topliss-reactive ketones (excluding diaryl/α,β-unsaturated/α-hetero) is 1. The fourth-order valence-electron chi connectivity index (χ4n) is 4.01. The molecule has 8 nitrogen and oxygen atoms in total. The first kappa shape index (κ1) is 25.0. The van der Waals surface area contributed by atoms with Gasteiger partial charge in [-0.05, 0) is 53.9 Å². The van der Waals surface area contributed by atoms with E-state index in [1.165, 1.54) is 0 Å². The monoisotopic (exact) mass is 485 g/mol. The van der Waals surface area contributed by atoms with Gasteiger partial charge in [0.05, 0.1) is 36.6 Å². The van der Waals surface area contributed by atoms with Gasteiger partial charge in [0.25, 0.3) is 0 Å². The van der Waals surface area contributed by atoms with Gasteiger partial charge in [0.15, 0.2) is 5.78 Å². The molecule has 0 spiro atoms. The molecule has 0 saturated carbocycles. The number of ketones is 1. The summed E-state index contributed by atoms with van der Waals surface area (Å²) >= 11 is 0. The van der Waals surface area contributed by atoms with Crippen molar-refractivity contribution in [2.75, 3.05) is 19.0 Å². The molecule has 0 atom stereocenters. The Morgan fingerprint density at radius 3 is 2.28 bits per heavy atom. The molecule has 0 aliphatic heterocycles. The van der Waals surface area contributed by atoms with Crippen LogP contribution in [0.15, 0.2) is 60.7 Å². The molecule has 4 aromatic rings. The lowest BCUT2D eigenvalue weighted by Gasteiger charge is -2.13. The molecule has 0 amide bonds. The number of esters is 1. The minimum absolute atomic E-state index is 0.0822. The van der Waals surface area contributed by atoms with Crippen LogP contribution in [0.4, 0.5) is 5.95 Å². The second-order valence-corrected chi connectivity index (χ2v) is 8.20. The van der Waals surface area contributed by atoms with E-state index in [1.807, 2.05) is 24.3 Å². The van der Waals surface area contributed by atoms with E-state index >= 15 is 0 Å². The van der Waals surface area contributed by atoms with E-state index in [0.717, 1.165) is 16.5 Å². The number of fused-ring (bicyclic) bond motifs is 1. The molecular weight excluding hydrogens is 458 g/mol. The quantitative estimate of drug-likeness (QED) is 0.241. The average molecular weight is 486 g/mol. The summed E-state index contributed by atoms with van der Waals surface area (Å²) in [5.74, 6) is -0.0832. The van der Waals surface area contributed by atoms with Gasteiger partial charge in [-0.15, -0.1) is 0 Å². The Morgan fingerprint density at radius 2 is 1.61 bits per heavy atom. The number of ether oxygens (including phenoxy) is 1. The van der Waals surface area contributed by atoms with Crippen LogP contribution in [0.1, 0.15) is 44.3 Å². The number of aliphatic hydroxyl groups is 2. The van der Waals surface area contributed by atoms with Crippen LogP contribution >= 0.6 is 0 Å². The van der Waals surface area contributed by atoms with Crippen LogP contribution in [0, 0.1) is 0 Å². The fraction of sp³-hybridized carbons (Fsp3) is 0.214. The van der Waals surface area contributed by atoms with Crippen LogP contribution in [0.2, 0.25) is 0 Å². The molecule has 1 aromatic heterocycles. The van der Waals surface area contributed by atoms with Gasteiger partial charge >= 0.3 is 5.97 Å². The second kappa shape index (κ2) is 11.1. The summed E-state index contributed by atoms with van der Waals surface area (Å²) in [5, 5.41) is 23.1. The van der Waals surface area contributed by atoms with Crippen molar-refractivity contribution in [1.29, 1.82) is 0 Å². The third kappa shape index (κ3) is 5.25. The number of rotatable bonds is 9. The minimum atomic E-state index is -0.419. The van der Waals surface area contributed by atoms with E-state index in [4.69, 9.17) is 4.74 Å². The summed E-state index contributed by atoms with van der Waals surface area (Å²) in [7, 11) is 1.72. The highest BCUT2D eigenvalue weighted by Crippen LogP contribution is 2.30. The van der Waals surface area contributed by atoms with Crippen molar-refractivity contribution in [3.05, 3.63) is 88.5 Å². The number of hydrogen-bond donors (Lipinski definition) is 3. The Kier molecular flexibility index (Phi) is 7.68. The van der Waals surface area contributed by atoms with Gasteiger partial charge in [0.2, 0.25) is 5.95 Å². The Labute approximate surface area is 208 Å². The van der Waals surface area contributed by atoms with Crippen molar-refractivity contribution in [1.82, 2.24) is 9.97 Å². The normalized spacial score (nSPS) is 10.9. The number of carbonyl (C=O) groups excluding carboxylic acids is 2. The van der Waals surface area contributed by atoms with Crippen LogP contribution in [0.3, 0.4) is 0 Å². The number of aliphatic hydroxyl groups excluding tert-OH is 2. The van der Waals surface area contributed by atoms with Crippen molar-refractivity contribution >= 4 is 28.6 Å². The zero-order valence-corrected chi connectivity index (χ0v) is 20.1. The fourth-order valence-corrected chi connectivity index (χ4v) is 4.01. The molecule has 184 valence electrons. The molecule has 0 bridgehead atoms. The van der Waals surface area contributed by atoms with Crippen molar-refractivity contribution in [2.45, 2.75) is 26.6 Å². The van der Waals surface area contributed by atoms with Crippen LogP contribution in [0.25, 0.3) is 22.2 Å². The van der Waals surface area contributed by atoms with E-state index in [0.29, 0.717) is 39.4 Å². The molecular formula is C28H27N3O5. The van der Waals surface area contributed by atoms with E-state index < -0.39 is 5.97 Å². The predicted octanol–water partition coefficient (Wildman–Crippen LogP) is 3.93. The predicted molar refractivity (Wildman–Crippen MR) is 137 cm³/mol. The number of anilines is 1. The zero-order valence-electron chi connectivity index (χ0n) is 20.1. The first-order chi connectivity index (χ1) is 17.5. The Hall–Kier alpha value is -4.14. The van der Waals surface area contributed by atoms with Crippen molar-refractivity contribution in [3.8, 4) is 11.3 Å². The molecule has 0 radical (unpaired) electrons.